The lowest BCUT2D eigenvalue weighted by molar-refractivity contribution is 0.0365. The number of likely N-dealkylation sites (N-methyl/N-ethyl adjacent to an activating group) is 1. The SMILES string of the molecule is CC1CNCC(C)([C@H]2C[C@@H](c3ccc(F)cc3)c3ccc(Cl)cc32)N1C. The maximum atomic E-state index is 13.4. The molecule has 2 nitrogen and oxygen atoms in total. The second kappa shape index (κ2) is 6.63. The summed E-state index contributed by atoms with van der Waals surface area (Å²) < 4.78 is 13.4. The van der Waals surface area contributed by atoms with Crippen LogP contribution in [-0.2, 0) is 0 Å². The van der Waals surface area contributed by atoms with Gasteiger partial charge >= 0.3 is 0 Å². The predicted molar refractivity (Wildman–Crippen MR) is 106 cm³/mol. The van der Waals surface area contributed by atoms with Gasteiger partial charge in [0, 0.05) is 41.5 Å². The largest absolute Gasteiger partial charge is 0.313 e. The van der Waals surface area contributed by atoms with Crippen LogP contribution in [0.3, 0.4) is 0 Å². The summed E-state index contributed by atoms with van der Waals surface area (Å²) in [5, 5.41) is 4.40. The summed E-state index contributed by atoms with van der Waals surface area (Å²) in [4.78, 5) is 2.52. The summed E-state index contributed by atoms with van der Waals surface area (Å²) in [6.07, 6.45) is 1.02. The highest BCUT2D eigenvalue weighted by molar-refractivity contribution is 6.30. The van der Waals surface area contributed by atoms with Crippen molar-refractivity contribution in [2.24, 2.45) is 0 Å². The highest BCUT2D eigenvalue weighted by Crippen LogP contribution is 2.52. The average molecular weight is 373 g/mol. The van der Waals surface area contributed by atoms with E-state index in [1.54, 1.807) is 12.1 Å². The molecular weight excluding hydrogens is 347 g/mol. The fourth-order valence-electron chi connectivity index (χ4n) is 4.92. The first-order chi connectivity index (χ1) is 12.4. The molecule has 0 bridgehead atoms. The molecule has 4 rings (SSSR count). The van der Waals surface area contributed by atoms with Gasteiger partial charge in [0.1, 0.15) is 5.82 Å². The Bertz CT molecular complexity index is 806. The molecule has 0 spiro atoms. The van der Waals surface area contributed by atoms with Gasteiger partial charge < -0.3 is 5.32 Å². The topological polar surface area (TPSA) is 15.3 Å². The molecule has 0 saturated carbocycles. The third-order valence-corrected chi connectivity index (χ3v) is 6.92. The second-order valence-corrected chi connectivity index (χ2v) is 8.55. The molecule has 0 radical (unpaired) electrons. The molecule has 1 aliphatic heterocycles. The molecule has 2 aromatic rings. The van der Waals surface area contributed by atoms with E-state index in [-0.39, 0.29) is 17.3 Å². The first-order valence-corrected chi connectivity index (χ1v) is 9.76. The van der Waals surface area contributed by atoms with E-state index >= 15 is 0 Å². The Balaban J connectivity index is 1.78. The number of rotatable bonds is 2. The number of benzene rings is 2. The van der Waals surface area contributed by atoms with E-state index < -0.39 is 0 Å². The van der Waals surface area contributed by atoms with E-state index in [0.717, 1.165) is 24.5 Å². The van der Waals surface area contributed by atoms with Crippen molar-refractivity contribution < 1.29 is 4.39 Å². The van der Waals surface area contributed by atoms with Gasteiger partial charge in [-0.05, 0) is 68.3 Å². The highest BCUT2D eigenvalue weighted by Gasteiger charge is 2.47. The lowest BCUT2D eigenvalue weighted by Gasteiger charge is -2.50. The minimum Gasteiger partial charge on any atom is -0.313 e. The van der Waals surface area contributed by atoms with Gasteiger partial charge in [0.05, 0.1) is 0 Å². The van der Waals surface area contributed by atoms with E-state index in [4.69, 9.17) is 11.6 Å². The Hall–Kier alpha value is -1.42. The summed E-state index contributed by atoms with van der Waals surface area (Å²) >= 11 is 6.37. The van der Waals surface area contributed by atoms with Gasteiger partial charge in [-0.3, -0.25) is 4.90 Å². The van der Waals surface area contributed by atoms with Crippen molar-refractivity contribution in [2.75, 3.05) is 20.1 Å². The molecule has 4 atom stereocenters. The van der Waals surface area contributed by atoms with E-state index in [1.807, 2.05) is 18.2 Å². The zero-order valence-electron chi connectivity index (χ0n) is 15.6. The normalized spacial score (nSPS) is 31.8. The highest BCUT2D eigenvalue weighted by atomic mass is 35.5. The van der Waals surface area contributed by atoms with Gasteiger partial charge in [-0.15, -0.1) is 0 Å². The summed E-state index contributed by atoms with van der Waals surface area (Å²) in [7, 11) is 2.24. The number of piperazine rings is 1. The van der Waals surface area contributed by atoms with Gasteiger partial charge in [0.2, 0.25) is 0 Å². The maximum Gasteiger partial charge on any atom is 0.123 e. The minimum atomic E-state index is -0.184. The molecule has 1 saturated heterocycles. The van der Waals surface area contributed by atoms with Crippen LogP contribution in [0.1, 0.15) is 48.8 Å². The van der Waals surface area contributed by atoms with Crippen LogP contribution in [0.25, 0.3) is 0 Å². The minimum absolute atomic E-state index is 0.0197. The summed E-state index contributed by atoms with van der Waals surface area (Å²) in [5.74, 6) is 0.485. The van der Waals surface area contributed by atoms with Gasteiger partial charge in [-0.1, -0.05) is 29.8 Å². The van der Waals surface area contributed by atoms with Crippen LogP contribution in [0.2, 0.25) is 5.02 Å². The number of halogens is 2. The smallest absolute Gasteiger partial charge is 0.123 e. The fourth-order valence-corrected chi connectivity index (χ4v) is 5.10. The van der Waals surface area contributed by atoms with Crippen molar-refractivity contribution in [3.05, 3.63) is 70.0 Å². The zero-order valence-corrected chi connectivity index (χ0v) is 16.4. The van der Waals surface area contributed by atoms with Crippen LogP contribution in [0.15, 0.2) is 42.5 Å². The van der Waals surface area contributed by atoms with Gasteiger partial charge in [-0.2, -0.15) is 0 Å². The molecule has 1 fully saturated rings. The molecule has 1 aliphatic carbocycles. The van der Waals surface area contributed by atoms with Crippen LogP contribution < -0.4 is 5.32 Å². The first kappa shape index (κ1) is 18.0. The number of fused-ring (bicyclic) bond motifs is 1. The second-order valence-electron chi connectivity index (χ2n) is 8.11. The molecule has 2 aliphatic rings. The quantitative estimate of drug-likeness (QED) is 0.816. The lowest BCUT2D eigenvalue weighted by atomic mass is 9.77. The molecule has 26 heavy (non-hydrogen) atoms. The van der Waals surface area contributed by atoms with E-state index in [1.165, 1.54) is 16.7 Å². The fraction of sp³-hybridized carbons (Fsp3) is 0.455. The maximum absolute atomic E-state index is 13.4. The van der Waals surface area contributed by atoms with Crippen molar-refractivity contribution in [1.82, 2.24) is 10.2 Å². The first-order valence-electron chi connectivity index (χ1n) is 9.38. The Labute approximate surface area is 160 Å². The molecule has 1 N–H and O–H groups in total. The van der Waals surface area contributed by atoms with Gasteiger partial charge in [0.15, 0.2) is 0 Å². The van der Waals surface area contributed by atoms with Crippen molar-refractivity contribution in [1.29, 1.82) is 0 Å². The standard InChI is InChI=1S/C22H26ClFN2/c1-14-12-25-13-22(2,26(14)3)21-11-19(15-4-7-17(24)8-5-15)18-9-6-16(23)10-20(18)21/h4-10,14,19,21,25H,11-13H2,1-3H3/t14?,19-,21-,22?/m0/s1. The van der Waals surface area contributed by atoms with Crippen molar-refractivity contribution >= 4 is 11.6 Å². The molecule has 2 unspecified atom stereocenters. The van der Waals surface area contributed by atoms with Crippen LogP contribution in [-0.4, -0.2) is 36.6 Å². The Morgan fingerprint density at radius 3 is 2.62 bits per heavy atom. The molecule has 0 aromatic heterocycles. The third-order valence-electron chi connectivity index (χ3n) is 6.68. The van der Waals surface area contributed by atoms with E-state index in [9.17, 15) is 4.39 Å². The molecule has 0 amide bonds. The summed E-state index contributed by atoms with van der Waals surface area (Å²) in [6, 6.07) is 13.8. The number of nitrogens with zero attached hydrogens (tertiary/aromatic N) is 1. The molecule has 138 valence electrons. The zero-order chi connectivity index (χ0) is 18.5. The van der Waals surface area contributed by atoms with E-state index in [0.29, 0.717) is 12.0 Å². The monoisotopic (exact) mass is 372 g/mol. The number of hydrogen-bond donors (Lipinski definition) is 1. The van der Waals surface area contributed by atoms with Crippen LogP contribution in [0.5, 0.6) is 0 Å². The molecular formula is C22H26ClFN2. The van der Waals surface area contributed by atoms with Crippen molar-refractivity contribution in [3.8, 4) is 0 Å². The van der Waals surface area contributed by atoms with Crippen LogP contribution >= 0.6 is 11.6 Å². The molecule has 1 heterocycles. The third kappa shape index (κ3) is 2.87. The van der Waals surface area contributed by atoms with Gasteiger partial charge in [-0.25, -0.2) is 4.39 Å². The Morgan fingerprint density at radius 2 is 1.88 bits per heavy atom. The summed E-state index contributed by atoms with van der Waals surface area (Å²) in [6.45, 7) is 6.61. The van der Waals surface area contributed by atoms with Crippen molar-refractivity contribution in [2.45, 2.75) is 43.7 Å². The van der Waals surface area contributed by atoms with Crippen LogP contribution in [0, 0.1) is 5.82 Å². The predicted octanol–water partition coefficient (Wildman–Crippen LogP) is 4.78. The lowest BCUT2D eigenvalue weighted by Crippen LogP contribution is -2.64. The number of nitrogens with one attached hydrogen (secondary N) is 1. The van der Waals surface area contributed by atoms with E-state index in [2.05, 4.69) is 43.2 Å². The average Bonchev–Trinajstić information content (AvgIpc) is 2.99. The van der Waals surface area contributed by atoms with Gasteiger partial charge in [0.25, 0.3) is 0 Å². The van der Waals surface area contributed by atoms with Crippen molar-refractivity contribution in [3.63, 3.8) is 0 Å². The Kier molecular flexibility index (Phi) is 4.58. The molecule has 2 aromatic carbocycles. The van der Waals surface area contributed by atoms with Crippen LogP contribution in [0.4, 0.5) is 4.39 Å². The summed E-state index contributed by atoms with van der Waals surface area (Å²) in [5.41, 5.74) is 3.88. The molecule has 4 heteroatoms. The number of hydrogen-bond acceptors (Lipinski definition) is 2. The Morgan fingerprint density at radius 1 is 1.15 bits per heavy atom.